The molecule has 0 bridgehead atoms. The van der Waals surface area contributed by atoms with Crippen LogP contribution < -0.4 is 15.8 Å². The van der Waals surface area contributed by atoms with E-state index in [2.05, 4.69) is 5.32 Å². The van der Waals surface area contributed by atoms with Gasteiger partial charge < -0.3 is 15.8 Å². The van der Waals surface area contributed by atoms with Gasteiger partial charge in [-0.3, -0.25) is 4.79 Å². The SMILES string of the molecule is CS(=O)(=O)CCC(N)C(=O)Nc1ccc(OCC2CCCCC2)cc1.Cl. The van der Waals surface area contributed by atoms with E-state index in [4.69, 9.17) is 10.5 Å². The molecule has 0 aliphatic heterocycles. The molecular formula is C18H29ClN2O4S. The van der Waals surface area contributed by atoms with Gasteiger partial charge in [-0.15, -0.1) is 12.4 Å². The van der Waals surface area contributed by atoms with Gasteiger partial charge in [-0.05, 0) is 49.4 Å². The molecule has 0 heterocycles. The number of benzene rings is 1. The van der Waals surface area contributed by atoms with E-state index in [0.717, 1.165) is 18.6 Å². The van der Waals surface area contributed by atoms with E-state index in [9.17, 15) is 13.2 Å². The van der Waals surface area contributed by atoms with Crippen LogP contribution in [0.15, 0.2) is 24.3 Å². The summed E-state index contributed by atoms with van der Waals surface area (Å²) in [6.07, 6.45) is 7.62. The third-order valence-corrected chi connectivity index (χ3v) is 5.45. The van der Waals surface area contributed by atoms with Crippen molar-refractivity contribution < 1.29 is 17.9 Å². The van der Waals surface area contributed by atoms with Crippen LogP contribution in [0.3, 0.4) is 0 Å². The Balaban J connectivity index is 0.00000338. The number of amides is 1. The molecule has 148 valence electrons. The van der Waals surface area contributed by atoms with Crippen LogP contribution in [0, 0.1) is 5.92 Å². The average molecular weight is 405 g/mol. The molecule has 1 aromatic carbocycles. The molecule has 6 nitrogen and oxygen atoms in total. The van der Waals surface area contributed by atoms with Gasteiger partial charge >= 0.3 is 0 Å². The van der Waals surface area contributed by atoms with E-state index in [0.29, 0.717) is 11.6 Å². The Kier molecular flexibility index (Phi) is 9.39. The minimum absolute atomic E-state index is 0. The Labute approximate surface area is 162 Å². The molecule has 1 saturated carbocycles. The molecule has 1 aromatic rings. The lowest BCUT2D eigenvalue weighted by molar-refractivity contribution is -0.117. The number of sulfone groups is 1. The summed E-state index contributed by atoms with van der Waals surface area (Å²) in [4.78, 5) is 12.0. The topological polar surface area (TPSA) is 98.5 Å². The summed E-state index contributed by atoms with van der Waals surface area (Å²) in [6, 6.07) is 6.31. The number of hydrogen-bond acceptors (Lipinski definition) is 5. The number of ether oxygens (including phenoxy) is 1. The number of nitrogens with one attached hydrogen (secondary N) is 1. The lowest BCUT2D eigenvalue weighted by atomic mass is 9.90. The predicted molar refractivity (Wildman–Crippen MR) is 107 cm³/mol. The van der Waals surface area contributed by atoms with Crippen LogP contribution in [0.2, 0.25) is 0 Å². The van der Waals surface area contributed by atoms with Crippen molar-refractivity contribution in [1.29, 1.82) is 0 Å². The van der Waals surface area contributed by atoms with Crippen LogP contribution >= 0.6 is 12.4 Å². The zero-order valence-electron chi connectivity index (χ0n) is 15.1. The van der Waals surface area contributed by atoms with Gasteiger partial charge in [0.05, 0.1) is 18.4 Å². The lowest BCUT2D eigenvalue weighted by Crippen LogP contribution is -2.37. The predicted octanol–water partition coefficient (Wildman–Crippen LogP) is 2.77. The summed E-state index contributed by atoms with van der Waals surface area (Å²) in [5.41, 5.74) is 6.35. The Morgan fingerprint density at radius 3 is 2.42 bits per heavy atom. The number of carbonyl (C=O) groups excluding carboxylic acids is 1. The van der Waals surface area contributed by atoms with E-state index >= 15 is 0 Å². The van der Waals surface area contributed by atoms with Crippen LogP contribution in [0.4, 0.5) is 5.69 Å². The minimum Gasteiger partial charge on any atom is -0.493 e. The number of rotatable bonds is 8. The maximum absolute atomic E-state index is 12.0. The highest BCUT2D eigenvalue weighted by molar-refractivity contribution is 7.90. The van der Waals surface area contributed by atoms with Crippen LogP contribution in [0.25, 0.3) is 0 Å². The van der Waals surface area contributed by atoms with Crippen LogP contribution in [-0.4, -0.2) is 39.0 Å². The third kappa shape index (κ3) is 8.38. The van der Waals surface area contributed by atoms with Gasteiger partial charge in [0.2, 0.25) is 5.91 Å². The molecule has 1 unspecified atom stereocenters. The lowest BCUT2D eigenvalue weighted by Gasteiger charge is -2.21. The van der Waals surface area contributed by atoms with Crippen molar-refractivity contribution in [1.82, 2.24) is 0 Å². The van der Waals surface area contributed by atoms with Gasteiger partial charge in [0, 0.05) is 11.9 Å². The van der Waals surface area contributed by atoms with Crippen molar-refractivity contribution in [2.24, 2.45) is 11.7 Å². The van der Waals surface area contributed by atoms with Crippen LogP contribution in [0.5, 0.6) is 5.75 Å². The van der Waals surface area contributed by atoms with E-state index in [1.165, 1.54) is 32.1 Å². The highest BCUT2D eigenvalue weighted by atomic mass is 35.5. The van der Waals surface area contributed by atoms with Crippen LogP contribution in [-0.2, 0) is 14.6 Å². The van der Waals surface area contributed by atoms with Crippen molar-refractivity contribution in [2.75, 3.05) is 23.9 Å². The maximum atomic E-state index is 12.0. The first-order valence-electron chi connectivity index (χ1n) is 8.80. The fourth-order valence-electron chi connectivity index (χ4n) is 2.91. The molecule has 3 N–H and O–H groups in total. The Hall–Kier alpha value is -1.31. The highest BCUT2D eigenvalue weighted by Crippen LogP contribution is 2.25. The zero-order valence-corrected chi connectivity index (χ0v) is 16.8. The minimum atomic E-state index is -3.12. The average Bonchev–Trinajstić information content (AvgIpc) is 2.59. The summed E-state index contributed by atoms with van der Waals surface area (Å²) < 4.78 is 28.1. The largest absolute Gasteiger partial charge is 0.493 e. The normalized spacial score (nSPS) is 16.4. The molecule has 0 aromatic heterocycles. The molecule has 26 heavy (non-hydrogen) atoms. The number of halogens is 1. The standard InChI is InChI=1S/C18H28N2O4S.ClH/c1-25(22,23)12-11-17(19)18(21)20-15-7-9-16(10-8-15)24-13-14-5-3-2-4-6-14;/h7-10,14,17H,2-6,11-13,19H2,1H3,(H,20,21);1H. The van der Waals surface area contributed by atoms with E-state index < -0.39 is 15.9 Å². The van der Waals surface area contributed by atoms with Crippen molar-refractivity contribution in [2.45, 2.75) is 44.6 Å². The molecule has 1 aliphatic rings. The molecule has 8 heteroatoms. The molecule has 0 radical (unpaired) electrons. The number of nitrogens with two attached hydrogens (primary N) is 1. The Morgan fingerprint density at radius 1 is 1.23 bits per heavy atom. The molecule has 2 rings (SSSR count). The Morgan fingerprint density at radius 2 is 1.85 bits per heavy atom. The van der Waals surface area contributed by atoms with Crippen molar-refractivity contribution in [3.05, 3.63) is 24.3 Å². The van der Waals surface area contributed by atoms with E-state index in [-0.39, 0.29) is 30.5 Å². The van der Waals surface area contributed by atoms with Gasteiger partial charge in [-0.25, -0.2) is 8.42 Å². The summed E-state index contributed by atoms with van der Waals surface area (Å²) in [6.45, 7) is 0.738. The van der Waals surface area contributed by atoms with Crippen molar-refractivity contribution in [3.8, 4) is 5.75 Å². The first-order valence-corrected chi connectivity index (χ1v) is 10.9. The summed E-state index contributed by atoms with van der Waals surface area (Å²) in [5.74, 6) is 0.931. The second-order valence-corrected chi connectivity index (χ2v) is 9.11. The second kappa shape index (κ2) is 10.7. The van der Waals surface area contributed by atoms with Gasteiger partial charge in [0.15, 0.2) is 0 Å². The Bertz CT molecular complexity index is 658. The fraction of sp³-hybridized carbons (Fsp3) is 0.611. The maximum Gasteiger partial charge on any atom is 0.241 e. The second-order valence-electron chi connectivity index (χ2n) is 6.85. The highest BCUT2D eigenvalue weighted by Gasteiger charge is 2.16. The summed E-state index contributed by atoms with van der Waals surface area (Å²) in [5, 5.41) is 2.70. The van der Waals surface area contributed by atoms with Gasteiger partial charge in [0.25, 0.3) is 0 Å². The molecular weight excluding hydrogens is 376 g/mol. The monoisotopic (exact) mass is 404 g/mol. The van der Waals surface area contributed by atoms with Crippen molar-refractivity contribution in [3.63, 3.8) is 0 Å². The molecule has 1 fully saturated rings. The molecule has 1 aliphatic carbocycles. The number of carbonyl (C=O) groups is 1. The zero-order chi connectivity index (χ0) is 18.3. The quantitative estimate of drug-likeness (QED) is 0.694. The third-order valence-electron chi connectivity index (χ3n) is 4.47. The van der Waals surface area contributed by atoms with Gasteiger partial charge in [-0.2, -0.15) is 0 Å². The van der Waals surface area contributed by atoms with Crippen molar-refractivity contribution >= 4 is 33.8 Å². The molecule has 0 spiro atoms. The fourth-order valence-corrected chi connectivity index (χ4v) is 3.59. The van der Waals surface area contributed by atoms with E-state index in [1.807, 2.05) is 12.1 Å². The smallest absolute Gasteiger partial charge is 0.241 e. The van der Waals surface area contributed by atoms with E-state index in [1.54, 1.807) is 12.1 Å². The molecule has 1 atom stereocenters. The number of hydrogen-bond donors (Lipinski definition) is 2. The van der Waals surface area contributed by atoms with Crippen LogP contribution in [0.1, 0.15) is 38.5 Å². The first-order chi connectivity index (χ1) is 11.8. The van der Waals surface area contributed by atoms with Gasteiger partial charge in [-0.1, -0.05) is 19.3 Å². The summed E-state index contributed by atoms with van der Waals surface area (Å²) >= 11 is 0. The van der Waals surface area contributed by atoms with Gasteiger partial charge in [0.1, 0.15) is 15.6 Å². The molecule has 1 amide bonds. The summed E-state index contributed by atoms with van der Waals surface area (Å²) in [7, 11) is -3.12. The first kappa shape index (κ1) is 22.7. The number of anilines is 1. The molecule has 0 saturated heterocycles.